The van der Waals surface area contributed by atoms with Crippen LogP contribution in [0.5, 0.6) is 0 Å². The maximum absolute atomic E-state index is 4.54. The fraction of sp³-hybridized carbons (Fsp3) is 0.158. The minimum Gasteiger partial charge on any atom is -0.340 e. The lowest BCUT2D eigenvalue weighted by Crippen LogP contribution is -2.12. The first-order valence-corrected chi connectivity index (χ1v) is 7.60. The molecule has 0 amide bonds. The van der Waals surface area contributed by atoms with Crippen LogP contribution in [0.2, 0.25) is 0 Å². The fourth-order valence-electron chi connectivity index (χ4n) is 2.44. The van der Waals surface area contributed by atoms with Gasteiger partial charge < -0.3 is 10.2 Å². The number of benzene rings is 2. The summed E-state index contributed by atoms with van der Waals surface area (Å²) in [4.78, 5) is 11.1. The topological polar surface area (TPSA) is 41.0 Å². The molecule has 0 saturated heterocycles. The van der Waals surface area contributed by atoms with Crippen molar-refractivity contribution >= 4 is 23.0 Å². The molecule has 0 aliphatic heterocycles. The molecule has 3 rings (SSSR count). The Morgan fingerprint density at radius 3 is 2.39 bits per heavy atom. The van der Waals surface area contributed by atoms with Gasteiger partial charge in [-0.05, 0) is 43.7 Å². The highest BCUT2D eigenvalue weighted by atomic mass is 15.2. The molecule has 1 aromatic heterocycles. The summed E-state index contributed by atoms with van der Waals surface area (Å²) < 4.78 is 0. The Kier molecular flexibility index (Phi) is 4.24. The van der Waals surface area contributed by atoms with Crippen LogP contribution in [0.1, 0.15) is 11.4 Å². The monoisotopic (exact) mass is 304 g/mol. The van der Waals surface area contributed by atoms with Gasteiger partial charge in [0.2, 0.25) is 0 Å². The minimum atomic E-state index is 0.737. The average molecular weight is 304 g/mol. The molecule has 1 heterocycles. The molecule has 0 bridgehead atoms. The summed E-state index contributed by atoms with van der Waals surface area (Å²) in [7, 11) is 2.01. The third-order valence-electron chi connectivity index (χ3n) is 3.60. The zero-order chi connectivity index (χ0) is 16.2. The second-order valence-corrected chi connectivity index (χ2v) is 5.55. The summed E-state index contributed by atoms with van der Waals surface area (Å²) in [6, 6.07) is 20.4. The van der Waals surface area contributed by atoms with E-state index in [1.807, 2.05) is 50.4 Å². The van der Waals surface area contributed by atoms with Crippen molar-refractivity contribution in [2.24, 2.45) is 0 Å². The highest BCUT2D eigenvalue weighted by molar-refractivity contribution is 5.65. The number of nitrogens with one attached hydrogen (secondary N) is 1. The zero-order valence-corrected chi connectivity index (χ0v) is 13.6. The Morgan fingerprint density at radius 2 is 1.65 bits per heavy atom. The van der Waals surface area contributed by atoms with E-state index >= 15 is 0 Å². The molecular weight excluding hydrogens is 284 g/mol. The molecule has 23 heavy (non-hydrogen) atoms. The van der Waals surface area contributed by atoms with Crippen LogP contribution >= 0.6 is 0 Å². The predicted octanol–water partition coefficient (Wildman–Crippen LogP) is 4.60. The highest BCUT2D eigenvalue weighted by Crippen LogP contribution is 2.24. The maximum atomic E-state index is 4.54. The number of nitrogens with zero attached hydrogens (tertiary/aromatic N) is 3. The molecule has 2 aromatic carbocycles. The summed E-state index contributed by atoms with van der Waals surface area (Å²) >= 11 is 0. The first-order valence-electron chi connectivity index (χ1n) is 7.60. The van der Waals surface area contributed by atoms with Crippen molar-refractivity contribution in [1.29, 1.82) is 0 Å². The number of anilines is 4. The number of rotatable bonds is 4. The molecule has 116 valence electrons. The smallest absolute Gasteiger partial charge is 0.138 e. The molecule has 0 radical (unpaired) electrons. The van der Waals surface area contributed by atoms with E-state index in [1.54, 1.807) is 0 Å². The number of aryl methyl sites for hydroxylation is 2. The number of aromatic nitrogens is 2. The summed E-state index contributed by atoms with van der Waals surface area (Å²) in [5, 5.41) is 3.35. The van der Waals surface area contributed by atoms with Crippen molar-refractivity contribution in [2.75, 3.05) is 17.3 Å². The number of hydrogen-bond donors (Lipinski definition) is 1. The molecule has 0 atom stereocenters. The predicted molar refractivity (Wildman–Crippen MR) is 95.7 cm³/mol. The third kappa shape index (κ3) is 3.66. The maximum Gasteiger partial charge on any atom is 0.138 e. The van der Waals surface area contributed by atoms with E-state index in [2.05, 4.69) is 51.4 Å². The second kappa shape index (κ2) is 6.48. The van der Waals surface area contributed by atoms with Crippen LogP contribution in [-0.2, 0) is 0 Å². The molecule has 0 saturated carbocycles. The van der Waals surface area contributed by atoms with E-state index in [0.29, 0.717) is 0 Å². The zero-order valence-electron chi connectivity index (χ0n) is 13.6. The van der Waals surface area contributed by atoms with Gasteiger partial charge in [0.1, 0.15) is 17.5 Å². The molecule has 4 heteroatoms. The van der Waals surface area contributed by atoms with Crippen LogP contribution in [0, 0.1) is 13.8 Å². The quantitative estimate of drug-likeness (QED) is 0.764. The van der Waals surface area contributed by atoms with Crippen LogP contribution < -0.4 is 10.2 Å². The second-order valence-electron chi connectivity index (χ2n) is 5.55. The van der Waals surface area contributed by atoms with Gasteiger partial charge in [-0.3, -0.25) is 0 Å². The SMILES string of the molecule is Cc1cccc(Nc2cc(N(C)c3ccccc3)nc(C)n2)c1. The summed E-state index contributed by atoms with van der Waals surface area (Å²) in [6.45, 7) is 3.98. The fourth-order valence-corrected chi connectivity index (χ4v) is 2.44. The first-order chi connectivity index (χ1) is 11.1. The standard InChI is InChI=1S/C19H20N4/c1-14-8-7-9-16(12-14)22-18-13-19(21-15(2)20-18)23(3)17-10-5-4-6-11-17/h4-13H,1-3H3,(H,20,21,22). The molecule has 1 N–H and O–H groups in total. The van der Waals surface area contributed by atoms with Gasteiger partial charge in [-0.1, -0.05) is 30.3 Å². The van der Waals surface area contributed by atoms with Gasteiger partial charge in [-0.15, -0.1) is 0 Å². The van der Waals surface area contributed by atoms with Crippen LogP contribution in [0.3, 0.4) is 0 Å². The van der Waals surface area contributed by atoms with Gasteiger partial charge in [0.15, 0.2) is 0 Å². The van der Waals surface area contributed by atoms with Crippen molar-refractivity contribution in [2.45, 2.75) is 13.8 Å². The van der Waals surface area contributed by atoms with E-state index in [9.17, 15) is 0 Å². The van der Waals surface area contributed by atoms with E-state index in [0.717, 1.165) is 28.8 Å². The molecule has 0 aliphatic carbocycles. The molecule has 0 aliphatic rings. The van der Waals surface area contributed by atoms with E-state index in [4.69, 9.17) is 0 Å². The summed E-state index contributed by atoms with van der Waals surface area (Å²) in [5.74, 6) is 2.39. The molecule has 0 unspecified atom stereocenters. The van der Waals surface area contributed by atoms with E-state index in [-0.39, 0.29) is 0 Å². The van der Waals surface area contributed by atoms with Crippen molar-refractivity contribution in [3.05, 3.63) is 72.1 Å². The largest absolute Gasteiger partial charge is 0.340 e. The lowest BCUT2D eigenvalue weighted by atomic mass is 10.2. The Hall–Kier alpha value is -2.88. The van der Waals surface area contributed by atoms with Crippen LogP contribution in [-0.4, -0.2) is 17.0 Å². The molecular formula is C19H20N4. The summed E-state index contributed by atoms with van der Waals surface area (Å²) in [5.41, 5.74) is 3.32. The van der Waals surface area contributed by atoms with Gasteiger partial charge in [0, 0.05) is 24.5 Å². The minimum absolute atomic E-state index is 0.737. The number of hydrogen-bond acceptors (Lipinski definition) is 4. The van der Waals surface area contributed by atoms with Gasteiger partial charge in [-0.2, -0.15) is 0 Å². The Labute approximate surface area is 136 Å². The molecule has 4 nitrogen and oxygen atoms in total. The number of para-hydroxylation sites is 1. The van der Waals surface area contributed by atoms with Crippen LogP contribution in [0.15, 0.2) is 60.7 Å². The van der Waals surface area contributed by atoms with Gasteiger partial charge in [0.25, 0.3) is 0 Å². The Morgan fingerprint density at radius 1 is 0.870 bits per heavy atom. The van der Waals surface area contributed by atoms with E-state index in [1.165, 1.54) is 5.56 Å². The van der Waals surface area contributed by atoms with Gasteiger partial charge in [-0.25, -0.2) is 9.97 Å². The Bertz CT molecular complexity index is 799. The molecule has 0 spiro atoms. The summed E-state index contributed by atoms with van der Waals surface area (Å²) in [6.07, 6.45) is 0. The van der Waals surface area contributed by atoms with Crippen LogP contribution in [0.4, 0.5) is 23.0 Å². The highest BCUT2D eigenvalue weighted by Gasteiger charge is 2.08. The molecule has 0 fully saturated rings. The van der Waals surface area contributed by atoms with Crippen molar-refractivity contribution in [1.82, 2.24) is 9.97 Å². The van der Waals surface area contributed by atoms with Gasteiger partial charge in [0.05, 0.1) is 0 Å². The van der Waals surface area contributed by atoms with E-state index < -0.39 is 0 Å². The molecule has 3 aromatic rings. The normalized spacial score (nSPS) is 10.4. The van der Waals surface area contributed by atoms with Crippen molar-refractivity contribution in [3.63, 3.8) is 0 Å². The first kappa shape index (κ1) is 15.0. The van der Waals surface area contributed by atoms with Crippen molar-refractivity contribution in [3.8, 4) is 0 Å². The van der Waals surface area contributed by atoms with Crippen molar-refractivity contribution < 1.29 is 0 Å². The Balaban J connectivity index is 1.90. The average Bonchev–Trinajstić information content (AvgIpc) is 2.54. The van der Waals surface area contributed by atoms with Gasteiger partial charge >= 0.3 is 0 Å². The lowest BCUT2D eigenvalue weighted by Gasteiger charge is -2.19. The third-order valence-corrected chi connectivity index (χ3v) is 3.60. The lowest BCUT2D eigenvalue weighted by molar-refractivity contribution is 1.02. The van der Waals surface area contributed by atoms with Crippen LogP contribution in [0.25, 0.3) is 0 Å².